The minimum Gasteiger partial charge on any atom is -0.465 e. The predicted octanol–water partition coefficient (Wildman–Crippen LogP) is 3.04. The zero-order valence-electron chi connectivity index (χ0n) is 8.13. The van der Waals surface area contributed by atoms with Gasteiger partial charge in [0.1, 0.15) is 0 Å². The number of hydrogen-bond acceptors (Lipinski definition) is 3. The highest BCUT2D eigenvalue weighted by Crippen LogP contribution is 2.31. The summed E-state index contributed by atoms with van der Waals surface area (Å²) in [4.78, 5) is 11.3. The van der Waals surface area contributed by atoms with Crippen LogP contribution in [0.25, 0.3) is 0 Å². The van der Waals surface area contributed by atoms with E-state index in [9.17, 15) is 13.6 Å². The summed E-state index contributed by atoms with van der Waals surface area (Å²) in [5, 5.41) is 8.65. The molecule has 0 aromatic heterocycles. The first-order chi connectivity index (χ1) is 7.51. The van der Waals surface area contributed by atoms with E-state index in [1.807, 2.05) is 0 Å². The lowest BCUT2D eigenvalue weighted by molar-refractivity contribution is 0.0599. The Bertz CT molecular complexity index is 469. The van der Waals surface area contributed by atoms with Gasteiger partial charge in [-0.3, -0.25) is 0 Å². The number of nitrogens with zero attached hydrogens (tertiary/aromatic N) is 1. The number of nitriles is 1. The van der Waals surface area contributed by atoms with Crippen LogP contribution in [0.4, 0.5) is 8.78 Å². The molecule has 0 radical (unpaired) electrons. The van der Waals surface area contributed by atoms with Crippen LogP contribution in [0.15, 0.2) is 16.6 Å². The Morgan fingerprint density at radius 1 is 1.56 bits per heavy atom. The molecule has 0 unspecified atom stereocenters. The highest BCUT2D eigenvalue weighted by Gasteiger charge is 2.20. The van der Waals surface area contributed by atoms with Crippen molar-refractivity contribution in [1.82, 2.24) is 0 Å². The van der Waals surface area contributed by atoms with E-state index in [1.54, 1.807) is 6.07 Å². The zero-order chi connectivity index (χ0) is 12.3. The van der Waals surface area contributed by atoms with Crippen molar-refractivity contribution in [2.45, 2.75) is 6.43 Å². The van der Waals surface area contributed by atoms with Crippen LogP contribution in [0.2, 0.25) is 0 Å². The van der Waals surface area contributed by atoms with Gasteiger partial charge in [0.05, 0.1) is 24.3 Å². The molecule has 1 aromatic carbocycles. The molecule has 6 heteroatoms. The monoisotopic (exact) mass is 289 g/mol. The van der Waals surface area contributed by atoms with E-state index in [2.05, 4.69) is 20.7 Å². The van der Waals surface area contributed by atoms with Crippen molar-refractivity contribution in [1.29, 1.82) is 5.26 Å². The van der Waals surface area contributed by atoms with E-state index in [0.29, 0.717) is 0 Å². The fraction of sp³-hybridized carbons (Fsp3) is 0.200. The third kappa shape index (κ3) is 2.36. The Morgan fingerprint density at radius 2 is 2.19 bits per heavy atom. The normalized spacial score (nSPS) is 10.0. The summed E-state index contributed by atoms with van der Waals surface area (Å²) >= 11 is 2.90. The van der Waals surface area contributed by atoms with Gasteiger partial charge in [0.2, 0.25) is 0 Å². The first kappa shape index (κ1) is 12.6. The van der Waals surface area contributed by atoms with Gasteiger partial charge in [0, 0.05) is 10.0 Å². The summed E-state index contributed by atoms with van der Waals surface area (Å²) in [5.74, 6) is -0.772. The van der Waals surface area contributed by atoms with Gasteiger partial charge in [-0.05, 0) is 28.1 Å². The molecule has 0 amide bonds. The minimum atomic E-state index is -2.77. The Kier molecular flexibility index (Phi) is 3.96. The summed E-state index contributed by atoms with van der Waals surface area (Å²) in [6.07, 6.45) is -2.77. The molecule has 0 heterocycles. The van der Waals surface area contributed by atoms with Crippen LogP contribution in [0.1, 0.15) is 27.9 Å². The van der Waals surface area contributed by atoms with Crippen LogP contribution in [-0.4, -0.2) is 13.1 Å². The summed E-state index contributed by atoms with van der Waals surface area (Å²) in [6.45, 7) is 0. The van der Waals surface area contributed by atoms with Crippen LogP contribution in [0.5, 0.6) is 0 Å². The topological polar surface area (TPSA) is 50.1 Å². The van der Waals surface area contributed by atoms with Gasteiger partial charge < -0.3 is 4.74 Å². The molecule has 0 bridgehead atoms. The molecule has 0 fully saturated rings. The molecular weight excluding hydrogens is 284 g/mol. The molecule has 1 rings (SSSR count). The van der Waals surface area contributed by atoms with E-state index < -0.39 is 18.0 Å². The maximum absolute atomic E-state index is 12.6. The molecule has 0 atom stereocenters. The lowest BCUT2D eigenvalue weighted by atomic mass is 10.1. The fourth-order valence-corrected chi connectivity index (χ4v) is 1.69. The third-order valence-electron chi connectivity index (χ3n) is 1.87. The van der Waals surface area contributed by atoms with Crippen LogP contribution >= 0.6 is 15.9 Å². The summed E-state index contributed by atoms with van der Waals surface area (Å²) in [5.41, 5.74) is -0.504. The van der Waals surface area contributed by atoms with Gasteiger partial charge in [0.25, 0.3) is 6.43 Å². The Hall–Kier alpha value is -1.48. The number of halogens is 3. The fourth-order valence-electron chi connectivity index (χ4n) is 1.13. The van der Waals surface area contributed by atoms with E-state index >= 15 is 0 Å². The lowest BCUT2D eigenvalue weighted by Gasteiger charge is -2.08. The SMILES string of the molecule is COC(=O)c1cc(C#N)cc(C(F)F)c1Br. The standard InChI is InChI=1S/C10H6BrF2NO2/c1-16-10(15)7-3-5(4-14)2-6(8(7)11)9(12)13/h2-3,9H,1H3. The molecule has 0 spiro atoms. The molecule has 1 aromatic rings. The number of carbonyl (C=O) groups is 1. The van der Waals surface area contributed by atoms with Gasteiger partial charge in [0.15, 0.2) is 0 Å². The number of esters is 1. The second-order valence-electron chi connectivity index (χ2n) is 2.83. The number of carbonyl (C=O) groups excluding carboxylic acids is 1. The molecule has 0 aliphatic rings. The highest BCUT2D eigenvalue weighted by atomic mass is 79.9. The Labute approximate surface area is 98.8 Å². The molecule has 0 saturated heterocycles. The average Bonchev–Trinajstić information content (AvgIpc) is 2.28. The van der Waals surface area contributed by atoms with Crippen molar-refractivity contribution in [3.63, 3.8) is 0 Å². The number of benzene rings is 1. The van der Waals surface area contributed by atoms with E-state index in [4.69, 9.17) is 5.26 Å². The molecule has 0 aliphatic heterocycles. The van der Waals surface area contributed by atoms with Crippen molar-refractivity contribution in [2.24, 2.45) is 0 Å². The lowest BCUT2D eigenvalue weighted by Crippen LogP contribution is -2.05. The molecule has 16 heavy (non-hydrogen) atoms. The van der Waals surface area contributed by atoms with Crippen LogP contribution in [0.3, 0.4) is 0 Å². The summed E-state index contributed by atoms with van der Waals surface area (Å²) < 4.78 is 29.6. The summed E-state index contributed by atoms with van der Waals surface area (Å²) in [7, 11) is 1.13. The number of rotatable bonds is 2. The van der Waals surface area contributed by atoms with Gasteiger partial charge in [-0.15, -0.1) is 0 Å². The number of hydrogen-bond donors (Lipinski definition) is 0. The number of methoxy groups -OCH3 is 1. The second kappa shape index (κ2) is 5.03. The smallest absolute Gasteiger partial charge is 0.339 e. The van der Waals surface area contributed by atoms with E-state index in [-0.39, 0.29) is 15.6 Å². The maximum atomic E-state index is 12.6. The molecule has 0 aliphatic carbocycles. The average molecular weight is 290 g/mol. The first-order valence-corrected chi connectivity index (χ1v) is 4.90. The van der Waals surface area contributed by atoms with E-state index in [0.717, 1.165) is 13.2 Å². The van der Waals surface area contributed by atoms with Crippen LogP contribution in [-0.2, 0) is 4.74 Å². The van der Waals surface area contributed by atoms with Gasteiger partial charge in [-0.2, -0.15) is 5.26 Å². The molecule has 84 valence electrons. The Balaban J connectivity index is 3.44. The van der Waals surface area contributed by atoms with Crippen molar-refractivity contribution in [3.8, 4) is 6.07 Å². The maximum Gasteiger partial charge on any atom is 0.339 e. The third-order valence-corrected chi connectivity index (χ3v) is 2.76. The molecule has 0 saturated carbocycles. The van der Waals surface area contributed by atoms with Gasteiger partial charge in [-0.1, -0.05) is 0 Å². The van der Waals surface area contributed by atoms with Crippen molar-refractivity contribution >= 4 is 21.9 Å². The first-order valence-electron chi connectivity index (χ1n) is 4.11. The number of ether oxygens (including phenoxy) is 1. The minimum absolute atomic E-state index is 0.0149. The zero-order valence-corrected chi connectivity index (χ0v) is 9.72. The quantitative estimate of drug-likeness (QED) is 0.786. The number of alkyl halides is 2. The van der Waals surface area contributed by atoms with Gasteiger partial charge >= 0.3 is 5.97 Å². The molecule has 3 nitrogen and oxygen atoms in total. The highest BCUT2D eigenvalue weighted by molar-refractivity contribution is 9.10. The second-order valence-corrected chi connectivity index (χ2v) is 3.62. The van der Waals surface area contributed by atoms with Crippen LogP contribution < -0.4 is 0 Å². The molecular formula is C10H6BrF2NO2. The van der Waals surface area contributed by atoms with Crippen molar-refractivity contribution in [3.05, 3.63) is 33.3 Å². The van der Waals surface area contributed by atoms with Gasteiger partial charge in [-0.25, -0.2) is 13.6 Å². The molecule has 0 N–H and O–H groups in total. The largest absolute Gasteiger partial charge is 0.465 e. The van der Waals surface area contributed by atoms with Crippen molar-refractivity contribution < 1.29 is 18.3 Å². The van der Waals surface area contributed by atoms with Crippen molar-refractivity contribution in [2.75, 3.05) is 7.11 Å². The summed E-state index contributed by atoms with van der Waals surface area (Å²) in [6, 6.07) is 3.93. The predicted molar refractivity (Wildman–Crippen MR) is 55.2 cm³/mol. The van der Waals surface area contributed by atoms with E-state index in [1.165, 1.54) is 6.07 Å². The van der Waals surface area contributed by atoms with Crippen LogP contribution in [0, 0.1) is 11.3 Å². The Morgan fingerprint density at radius 3 is 2.62 bits per heavy atom.